The Morgan fingerprint density at radius 1 is 0.929 bits per heavy atom. The van der Waals surface area contributed by atoms with Crippen LogP contribution in [-0.2, 0) is 6.42 Å². The molecule has 0 radical (unpaired) electrons. The van der Waals surface area contributed by atoms with Gasteiger partial charge in [-0.3, -0.25) is 4.90 Å². The number of hydrogen-bond donors (Lipinski definition) is 0. The van der Waals surface area contributed by atoms with Crippen molar-refractivity contribution in [3.63, 3.8) is 0 Å². The second kappa shape index (κ2) is 8.44. The fraction of sp³-hybridized carbons (Fsp3) is 0.500. The Hall–Kier alpha value is -2.20. The van der Waals surface area contributed by atoms with Gasteiger partial charge in [-0.25, -0.2) is 0 Å². The van der Waals surface area contributed by atoms with E-state index in [1.54, 1.807) is 21.3 Å². The molecule has 0 spiro atoms. The van der Waals surface area contributed by atoms with E-state index in [4.69, 9.17) is 14.2 Å². The van der Waals surface area contributed by atoms with Crippen LogP contribution in [0.1, 0.15) is 36.3 Å². The largest absolute Gasteiger partial charge is 0.493 e. The van der Waals surface area contributed by atoms with E-state index >= 15 is 0 Å². The van der Waals surface area contributed by atoms with Crippen LogP contribution < -0.4 is 14.2 Å². The average molecular weight is 382 g/mol. The van der Waals surface area contributed by atoms with Crippen molar-refractivity contribution in [1.82, 2.24) is 4.90 Å². The van der Waals surface area contributed by atoms with Crippen LogP contribution in [0.5, 0.6) is 17.2 Å². The molecule has 0 N–H and O–H groups in total. The molecule has 3 atom stereocenters. The van der Waals surface area contributed by atoms with E-state index in [2.05, 4.69) is 47.4 Å². The van der Waals surface area contributed by atoms with E-state index in [0.29, 0.717) is 17.7 Å². The van der Waals surface area contributed by atoms with Crippen LogP contribution in [0.15, 0.2) is 42.5 Å². The van der Waals surface area contributed by atoms with Crippen LogP contribution in [0, 0.1) is 5.92 Å². The molecular weight excluding hydrogens is 350 g/mol. The van der Waals surface area contributed by atoms with Crippen LogP contribution in [-0.4, -0.2) is 45.4 Å². The molecule has 2 aromatic carbocycles. The molecule has 1 aliphatic heterocycles. The Kier molecular flexibility index (Phi) is 5.77. The van der Waals surface area contributed by atoms with Crippen molar-refractivity contribution in [1.29, 1.82) is 0 Å². The van der Waals surface area contributed by atoms with E-state index in [-0.39, 0.29) is 0 Å². The third-order valence-corrected chi connectivity index (χ3v) is 6.59. The SMILES string of the molecule is COc1cc([C@@H]2CN(CCc3ccccc3)[C@H]3CCC[C@H]23)cc(OC)c1OC. The van der Waals surface area contributed by atoms with Gasteiger partial charge in [0, 0.05) is 25.0 Å². The van der Waals surface area contributed by atoms with Crippen molar-refractivity contribution in [3.8, 4) is 17.2 Å². The van der Waals surface area contributed by atoms with Gasteiger partial charge in [0.15, 0.2) is 11.5 Å². The molecule has 0 amide bonds. The second-order valence-electron chi connectivity index (χ2n) is 7.96. The first-order valence-corrected chi connectivity index (χ1v) is 10.3. The molecule has 0 unspecified atom stereocenters. The first kappa shape index (κ1) is 19.1. The molecule has 0 bridgehead atoms. The summed E-state index contributed by atoms with van der Waals surface area (Å²) in [5.41, 5.74) is 2.74. The fourth-order valence-electron chi connectivity index (χ4n) is 5.26. The highest BCUT2D eigenvalue weighted by Crippen LogP contribution is 2.49. The lowest BCUT2D eigenvalue weighted by Crippen LogP contribution is -2.31. The zero-order valence-electron chi connectivity index (χ0n) is 17.2. The first-order valence-electron chi connectivity index (χ1n) is 10.3. The molecule has 0 aromatic heterocycles. The predicted molar refractivity (Wildman–Crippen MR) is 112 cm³/mol. The van der Waals surface area contributed by atoms with E-state index < -0.39 is 0 Å². The van der Waals surface area contributed by atoms with Gasteiger partial charge in [0.2, 0.25) is 5.75 Å². The van der Waals surface area contributed by atoms with E-state index in [9.17, 15) is 0 Å². The van der Waals surface area contributed by atoms with Gasteiger partial charge in [0.05, 0.1) is 21.3 Å². The number of likely N-dealkylation sites (tertiary alicyclic amines) is 1. The summed E-state index contributed by atoms with van der Waals surface area (Å²) in [6.45, 7) is 2.24. The molecule has 4 nitrogen and oxygen atoms in total. The Balaban J connectivity index is 1.56. The molecule has 1 heterocycles. The summed E-state index contributed by atoms with van der Waals surface area (Å²) in [6, 6.07) is 15.8. The maximum atomic E-state index is 5.60. The predicted octanol–water partition coefficient (Wildman–Crippen LogP) is 4.52. The standard InChI is InChI=1S/C24H31NO3/c1-26-22-14-18(15-23(27-2)24(22)28-3)20-16-25(21-11-7-10-19(20)21)13-12-17-8-5-4-6-9-17/h4-6,8-9,14-15,19-21H,7,10-13,16H2,1-3H3/t19-,20+,21+/m1/s1. The van der Waals surface area contributed by atoms with Crippen molar-refractivity contribution in [3.05, 3.63) is 53.6 Å². The van der Waals surface area contributed by atoms with Crippen molar-refractivity contribution in [2.24, 2.45) is 5.92 Å². The lowest BCUT2D eigenvalue weighted by atomic mass is 9.86. The molecular formula is C24H31NO3. The number of ether oxygens (including phenoxy) is 3. The molecule has 150 valence electrons. The Morgan fingerprint density at radius 2 is 1.64 bits per heavy atom. The molecule has 28 heavy (non-hydrogen) atoms. The third-order valence-electron chi connectivity index (χ3n) is 6.59. The van der Waals surface area contributed by atoms with Crippen LogP contribution in [0.25, 0.3) is 0 Å². The molecule has 4 heteroatoms. The minimum atomic E-state index is 0.525. The van der Waals surface area contributed by atoms with Crippen molar-refractivity contribution in [2.75, 3.05) is 34.4 Å². The topological polar surface area (TPSA) is 30.9 Å². The first-order chi connectivity index (χ1) is 13.7. The van der Waals surface area contributed by atoms with Crippen LogP contribution in [0.4, 0.5) is 0 Å². The van der Waals surface area contributed by atoms with Gasteiger partial charge in [-0.2, -0.15) is 0 Å². The van der Waals surface area contributed by atoms with E-state index in [0.717, 1.165) is 36.9 Å². The summed E-state index contributed by atoms with van der Waals surface area (Å²) >= 11 is 0. The van der Waals surface area contributed by atoms with Crippen molar-refractivity contribution in [2.45, 2.75) is 37.6 Å². The maximum Gasteiger partial charge on any atom is 0.203 e. The quantitative estimate of drug-likeness (QED) is 0.705. The second-order valence-corrected chi connectivity index (χ2v) is 7.96. The molecule has 2 aliphatic rings. The number of nitrogens with zero attached hydrogens (tertiary/aromatic N) is 1. The van der Waals surface area contributed by atoms with Crippen LogP contribution in [0.3, 0.4) is 0 Å². The smallest absolute Gasteiger partial charge is 0.203 e. The van der Waals surface area contributed by atoms with E-state index in [1.165, 1.54) is 30.4 Å². The lowest BCUT2D eigenvalue weighted by Gasteiger charge is -2.23. The van der Waals surface area contributed by atoms with Gasteiger partial charge >= 0.3 is 0 Å². The Morgan fingerprint density at radius 3 is 2.29 bits per heavy atom. The summed E-state index contributed by atoms with van der Waals surface area (Å²) in [5, 5.41) is 0. The van der Waals surface area contributed by atoms with Gasteiger partial charge in [0.1, 0.15) is 0 Å². The maximum absolute atomic E-state index is 5.60. The Bertz CT molecular complexity index is 767. The zero-order valence-corrected chi connectivity index (χ0v) is 17.2. The summed E-state index contributed by atoms with van der Waals surface area (Å²) < 4.78 is 16.7. The van der Waals surface area contributed by atoms with Gasteiger partial charge in [-0.15, -0.1) is 0 Å². The highest BCUT2D eigenvalue weighted by atomic mass is 16.5. The van der Waals surface area contributed by atoms with Gasteiger partial charge < -0.3 is 14.2 Å². The summed E-state index contributed by atoms with van der Waals surface area (Å²) in [4.78, 5) is 2.72. The number of rotatable bonds is 7. The molecule has 1 saturated carbocycles. The lowest BCUT2D eigenvalue weighted by molar-refractivity contribution is 0.244. The number of hydrogen-bond acceptors (Lipinski definition) is 4. The molecule has 2 fully saturated rings. The number of benzene rings is 2. The minimum absolute atomic E-state index is 0.525. The number of methoxy groups -OCH3 is 3. The monoisotopic (exact) mass is 381 g/mol. The molecule has 2 aromatic rings. The van der Waals surface area contributed by atoms with Crippen LogP contribution >= 0.6 is 0 Å². The molecule has 1 saturated heterocycles. The summed E-state index contributed by atoms with van der Waals surface area (Å²) in [7, 11) is 5.05. The van der Waals surface area contributed by atoms with Crippen molar-refractivity contribution < 1.29 is 14.2 Å². The van der Waals surface area contributed by atoms with Crippen LogP contribution in [0.2, 0.25) is 0 Å². The summed E-state index contributed by atoms with van der Waals surface area (Å²) in [6.07, 6.45) is 5.08. The zero-order chi connectivity index (χ0) is 19.5. The van der Waals surface area contributed by atoms with Gasteiger partial charge in [-0.1, -0.05) is 36.8 Å². The average Bonchev–Trinajstić information content (AvgIpc) is 3.35. The normalized spacial score (nSPS) is 24.2. The highest BCUT2D eigenvalue weighted by Gasteiger charge is 2.44. The van der Waals surface area contributed by atoms with Crippen molar-refractivity contribution >= 4 is 0 Å². The fourth-order valence-corrected chi connectivity index (χ4v) is 5.26. The van der Waals surface area contributed by atoms with Gasteiger partial charge in [0.25, 0.3) is 0 Å². The summed E-state index contributed by atoms with van der Waals surface area (Å²) in [5.74, 6) is 3.44. The molecule has 1 aliphatic carbocycles. The Labute approximate surface area is 168 Å². The molecule has 4 rings (SSSR count). The van der Waals surface area contributed by atoms with E-state index in [1.807, 2.05) is 0 Å². The highest BCUT2D eigenvalue weighted by molar-refractivity contribution is 5.55. The minimum Gasteiger partial charge on any atom is -0.493 e. The number of fused-ring (bicyclic) bond motifs is 1. The third kappa shape index (κ3) is 3.58. The van der Waals surface area contributed by atoms with Gasteiger partial charge in [-0.05, 0) is 48.4 Å².